The summed E-state index contributed by atoms with van der Waals surface area (Å²) in [5, 5.41) is 8.80. The SMILES string of the molecule is Fc1cccc2c1oc1c(-c3c4ccccc4c(-c4cccc5ccccc45)c4ccccc34)cccc12. The Morgan fingerprint density at radius 2 is 0.816 bits per heavy atom. The molecule has 0 atom stereocenters. The van der Waals surface area contributed by atoms with Crippen molar-refractivity contribution < 1.29 is 8.81 Å². The van der Waals surface area contributed by atoms with Crippen molar-refractivity contribution in [2.45, 2.75) is 0 Å². The van der Waals surface area contributed by atoms with E-state index in [4.69, 9.17) is 4.42 Å². The molecule has 0 saturated heterocycles. The Morgan fingerprint density at radius 1 is 0.368 bits per heavy atom. The maximum atomic E-state index is 14.7. The van der Waals surface area contributed by atoms with Crippen molar-refractivity contribution in [3.63, 3.8) is 0 Å². The van der Waals surface area contributed by atoms with Gasteiger partial charge in [-0.3, -0.25) is 0 Å². The van der Waals surface area contributed by atoms with Gasteiger partial charge in [-0.15, -0.1) is 0 Å². The summed E-state index contributed by atoms with van der Waals surface area (Å²) in [6.45, 7) is 0. The fourth-order valence-electron chi connectivity index (χ4n) is 6.13. The van der Waals surface area contributed by atoms with Crippen LogP contribution in [0.1, 0.15) is 0 Å². The first-order valence-electron chi connectivity index (χ1n) is 12.8. The van der Waals surface area contributed by atoms with Crippen LogP contribution in [-0.2, 0) is 0 Å². The fourth-order valence-corrected chi connectivity index (χ4v) is 6.13. The van der Waals surface area contributed by atoms with E-state index in [0.29, 0.717) is 11.2 Å². The molecule has 38 heavy (non-hydrogen) atoms. The van der Waals surface area contributed by atoms with E-state index in [1.165, 1.54) is 38.7 Å². The highest BCUT2D eigenvalue weighted by Crippen LogP contribution is 2.47. The van der Waals surface area contributed by atoms with Crippen LogP contribution in [0.4, 0.5) is 4.39 Å². The third-order valence-corrected chi connectivity index (χ3v) is 7.74. The van der Waals surface area contributed by atoms with Gasteiger partial charge in [-0.25, -0.2) is 4.39 Å². The zero-order chi connectivity index (χ0) is 25.2. The zero-order valence-corrected chi connectivity index (χ0v) is 20.4. The molecule has 1 nitrogen and oxygen atoms in total. The minimum Gasteiger partial charge on any atom is -0.452 e. The maximum Gasteiger partial charge on any atom is 0.171 e. The molecule has 8 rings (SSSR count). The lowest BCUT2D eigenvalue weighted by Crippen LogP contribution is -1.91. The molecular formula is C36H21FO. The smallest absolute Gasteiger partial charge is 0.171 e. The minimum atomic E-state index is -0.342. The van der Waals surface area contributed by atoms with Crippen molar-refractivity contribution in [2.75, 3.05) is 0 Å². The van der Waals surface area contributed by atoms with Gasteiger partial charge in [0.1, 0.15) is 5.58 Å². The monoisotopic (exact) mass is 488 g/mol. The Labute approximate surface area is 218 Å². The van der Waals surface area contributed by atoms with Gasteiger partial charge in [0.15, 0.2) is 11.4 Å². The fraction of sp³-hybridized carbons (Fsp3) is 0. The van der Waals surface area contributed by atoms with Gasteiger partial charge in [0.2, 0.25) is 0 Å². The molecule has 0 saturated carbocycles. The second kappa shape index (κ2) is 8.03. The number of furan rings is 1. The zero-order valence-electron chi connectivity index (χ0n) is 20.4. The van der Waals surface area contributed by atoms with Crippen LogP contribution in [0.3, 0.4) is 0 Å². The average Bonchev–Trinajstić information content (AvgIpc) is 3.36. The molecule has 0 unspecified atom stereocenters. The number of hydrogen-bond donors (Lipinski definition) is 0. The first-order chi connectivity index (χ1) is 18.8. The number of benzene rings is 7. The summed E-state index contributed by atoms with van der Waals surface area (Å²) in [6, 6.07) is 43.5. The van der Waals surface area contributed by atoms with Crippen LogP contribution in [0.5, 0.6) is 0 Å². The van der Waals surface area contributed by atoms with Crippen LogP contribution in [0.25, 0.3) is 76.5 Å². The van der Waals surface area contributed by atoms with Gasteiger partial charge in [-0.2, -0.15) is 0 Å². The van der Waals surface area contributed by atoms with Crippen molar-refractivity contribution in [3.05, 3.63) is 133 Å². The summed E-state index contributed by atoms with van der Waals surface area (Å²) in [6.07, 6.45) is 0. The van der Waals surface area contributed by atoms with Crippen LogP contribution in [0.15, 0.2) is 132 Å². The van der Waals surface area contributed by atoms with Crippen LogP contribution in [0, 0.1) is 5.82 Å². The van der Waals surface area contributed by atoms with Gasteiger partial charge in [-0.05, 0) is 49.5 Å². The summed E-state index contributed by atoms with van der Waals surface area (Å²) in [5.74, 6) is -0.342. The molecule has 1 aromatic heterocycles. The largest absolute Gasteiger partial charge is 0.452 e. The minimum absolute atomic E-state index is 0.302. The normalized spacial score (nSPS) is 11.8. The molecule has 8 aromatic rings. The highest BCUT2D eigenvalue weighted by molar-refractivity contribution is 6.25. The molecule has 0 spiro atoms. The van der Waals surface area contributed by atoms with Gasteiger partial charge in [0.25, 0.3) is 0 Å². The maximum absolute atomic E-state index is 14.7. The third kappa shape index (κ3) is 2.92. The molecule has 0 bridgehead atoms. The van der Waals surface area contributed by atoms with Gasteiger partial charge in [0, 0.05) is 21.9 Å². The van der Waals surface area contributed by atoms with Gasteiger partial charge < -0.3 is 4.42 Å². The van der Waals surface area contributed by atoms with Crippen molar-refractivity contribution >= 4 is 54.3 Å². The number of halogens is 1. The van der Waals surface area contributed by atoms with Crippen molar-refractivity contribution in [1.29, 1.82) is 0 Å². The van der Waals surface area contributed by atoms with Crippen LogP contribution in [0.2, 0.25) is 0 Å². The molecule has 7 aromatic carbocycles. The van der Waals surface area contributed by atoms with E-state index < -0.39 is 0 Å². The average molecular weight is 489 g/mol. The molecule has 0 aliphatic heterocycles. The Kier molecular flexibility index (Phi) is 4.47. The lowest BCUT2D eigenvalue weighted by Gasteiger charge is -2.18. The molecular weight excluding hydrogens is 467 g/mol. The number of rotatable bonds is 2. The molecule has 178 valence electrons. The summed E-state index contributed by atoms with van der Waals surface area (Å²) >= 11 is 0. The van der Waals surface area contributed by atoms with Gasteiger partial charge in [0.05, 0.1) is 0 Å². The lowest BCUT2D eigenvalue weighted by molar-refractivity contribution is 0.584. The lowest BCUT2D eigenvalue weighted by atomic mass is 9.84. The van der Waals surface area contributed by atoms with Crippen molar-refractivity contribution in [3.8, 4) is 22.3 Å². The highest BCUT2D eigenvalue weighted by atomic mass is 19.1. The van der Waals surface area contributed by atoms with Crippen molar-refractivity contribution in [1.82, 2.24) is 0 Å². The Balaban J connectivity index is 1.57. The quantitative estimate of drug-likeness (QED) is 0.221. The molecule has 0 fully saturated rings. The summed E-state index contributed by atoms with van der Waals surface area (Å²) in [5.41, 5.74) is 5.52. The second-order valence-corrected chi connectivity index (χ2v) is 9.77. The number of fused-ring (bicyclic) bond motifs is 6. The third-order valence-electron chi connectivity index (χ3n) is 7.74. The van der Waals surface area contributed by atoms with Gasteiger partial charge in [-0.1, -0.05) is 121 Å². The highest BCUT2D eigenvalue weighted by Gasteiger charge is 2.21. The standard InChI is InChI=1S/C36H21FO/c37-32-21-9-19-30-29-18-8-20-31(35(29)38-36(30)32)34-27-15-5-3-13-25(27)33(26-14-4-6-16-28(26)34)24-17-7-11-22-10-1-2-12-23(22)24/h1-21H. The molecule has 0 radical (unpaired) electrons. The second-order valence-electron chi connectivity index (χ2n) is 9.77. The van der Waals surface area contributed by atoms with E-state index in [2.05, 4.69) is 97.1 Å². The first kappa shape index (κ1) is 21.2. The van der Waals surface area contributed by atoms with E-state index in [1.54, 1.807) is 6.07 Å². The van der Waals surface area contributed by atoms with Crippen LogP contribution < -0.4 is 0 Å². The molecule has 0 amide bonds. The molecule has 1 heterocycles. The Hall–Kier alpha value is -4.95. The van der Waals surface area contributed by atoms with Crippen LogP contribution in [-0.4, -0.2) is 0 Å². The topological polar surface area (TPSA) is 13.1 Å². The molecule has 2 heteroatoms. The van der Waals surface area contributed by atoms with E-state index >= 15 is 0 Å². The van der Waals surface area contributed by atoms with Crippen molar-refractivity contribution in [2.24, 2.45) is 0 Å². The Morgan fingerprint density at radius 3 is 1.50 bits per heavy atom. The van der Waals surface area contributed by atoms with E-state index in [9.17, 15) is 4.39 Å². The van der Waals surface area contributed by atoms with E-state index in [1.807, 2.05) is 18.2 Å². The molecule has 0 aliphatic rings. The van der Waals surface area contributed by atoms with E-state index in [-0.39, 0.29) is 5.82 Å². The first-order valence-corrected chi connectivity index (χ1v) is 12.8. The summed E-state index contributed by atoms with van der Waals surface area (Å²) in [4.78, 5) is 0. The number of para-hydroxylation sites is 2. The predicted molar refractivity (Wildman–Crippen MR) is 157 cm³/mol. The van der Waals surface area contributed by atoms with E-state index in [0.717, 1.165) is 32.7 Å². The summed E-state index contributed by atoms with van der Waals surface area (Å²) < 4.78 is 21.0. The Bertz CT molecular complexity index is 2140. The number of hydrogen-bond acceptors (Lipinski definition) is 1. The van der Waals surface area contributed by atoms with Gasteiger partial charge >= 0.3 is 0 Å². The predicted octanol–water partition coefficient (Wildman–Crippen LogP) is 10.5. The van der Waals surface area contributed by atoms with Crippen LogP contribution >= 0.6 is 0 Å². The molecule has 0 N–H and O–H groups in total. The summed E-state index contributed by atoms with van der Waals surface area (Å²) in [7, 11) is 0. The molecule has 0 aliphatic carbocycles.